The van der Waals surface area contributed by atoms with E-state index in [-0.39, 0.29) is 29.8 Å². The molecule has 0 aromatic heterocycles. The number of imide groups is 1. The summed E-state index contributed by atoms with van der Waals surface area (Å²) in [5.41, 5.74) is 4.00. The molecule has 4 aliphatic rings. The Bertz CT molecular complexity index is 1680. The third-order valence-electron chi connectivity index (χ3n) is 8.40. The lowest BCUT2D eigenvalue weighted by Gasteiger charge is -2.38. The van der Waals surface area contributed by atoms with Gasteiger partial charge in [-0.2, -0.15) is 4.31 Å². The fourth-order valence-electron chi connectivity index (χ4n) is 6.18. The fraction of sp³-hybridized carbons (Fsp3) is 0.300. The molecule has 204 valence electrons. The van der Waals surface area contributed by atoms with Gasteiger partial charge in [0.25, 0.3) is 11.8 Å². The molecule has 7 rings (SSSR count). The van der Waals surface area contributed by atoms with Gasteiger partial charge in [-0.15, -0.1) is 0 Å². The minimum atomic E-state index is -4.10. The standard InChI is InChI=1S/C30H26BrN3O5S/c31-24-15-20-11-13-32(28(35)19-9-10-19)25(20)16-27(24)40(38,39)34-14-12-18-5-1-2-6-21(18)26(34)17-33-29(36)22-7-3-4-8-23(22)30(33)37/h1-8,15-16,19,26H,9-14,17H2/t26-/m1/s1. The zero-order valence-electron chi connectivity index (χ0n) is 21.5. The van der Waals surface area contributed by atoms with Crippen LogP contribution in [0.3, 0.4) is 0 Å². The summed E-state index contributed by atoms with van der Waals surface area (Å²) in [5.74, 6) is -0.764. The molecular weight excluding hydrogens is 594 g/mol. The number of carbonyl (C=O) groups excluding carboxylic acids is 3. The van der Waals surface area contributed by atoms with E-state index in [4.69, 9.17) is 0 Å². The SMILES string of the molecule is O=C1c2ccccc2C(=O)N1C[C@@H]1c2ccccc2CCN1S(=O)(=O)c1cc2c(cc1Br)CCN2C(=O)C1CC1. The molecule has 3 aliphatic heterocycles. The number of hydrogen-bond acceptors (Lipinski definition) is 5. The van der Waals surface area contributed by atoms with E-state index in [2.05, 4.69) is 15.9 Å². The zero-order chi connectivity index (χ0) is 27.8. The Morgan fingerprint density at radius 3 is 2.23 bits per heavy atom. The smallest absolute Gasteiger partial charge is 0.261 e. The summed E-state index contributed by atoms with van der Waals surface area (Å²) < 4.78 is 30.7. The number of benzene rings is 3. The van der Waals surface area contributed by atoms with Gasteiger partial charge in [0.1, 0.15) is 0 Å². The zero-order valence-corrected chi connectivity index (χ0v) is 23.9. The first-order valence-electron chi connectivity index (χ1n) is 13.4. The van der Waals surface area contributed by atoms with Crippen molar-refractivity contribution >= 4 is 49.4 Å². The minimum Gasteiger partial charge on any atom is -0.312 e. The summed E-state index contributed by atoms with van der Waals surface area (Å²) in [6.45, 7) is 0.638. The van der Waals surface area contributed by atoms with Crippen LogP contribution in [0.2, 0.25) is 0 Å². The number of sulfonamides is 1. The lowest BCUT2D eigenvalue weighted by molar-refractivity contribution is -0.119. The van der Waals surface area contributed by atoms with Gasteiger partial charge in [-0.25, -0.2) is 8.42 Å². The maximum Gasteiger partial charge on any atom is 0.261 e. The van der Waals surface area contributed by atoms with E-state index < -0.39 is 27.9 Å². The van der Waals surface area contributed by atoms with Crippen LogP contribution in [0.1, 0.15) is 56.3 Å². The van der Waals surface area contributed by atoms with Gasteiger partial charge < -0.3 is 4.90 Å². The Kier molecular flexibility index (Phi) is 5.99. The molecule has 40 heavy (non-hydrogen) atoms. The number of rotatable bonds is 5. The molecule has 1 saturated carbocycles. The molecule has 0 unspecified atom stereocenters. The Morgan fingerprint density at radius 1 is 0.875 bits per heavy atom. The molecule has 0 saturated heterocycles. The van der Waals surface area contributed by atoms with E-state index >= 15 is 0 Å². The quantitative estimate of drug-likeness (QED) is 0.396. The van der Waals surface area contributed by atoms with Crippen molar-refractivity contribution in [3.05, 3.63) is 93.0 Å². The highest BCUT2D eigenvalue weighted by Crippen LogP contribution is 2.42. The lowest BCUT2D eigenvalue weighted by Crippen LogP contribution is -2.46. The van der Waals surface area contributed by atoms with Crippen LogP contribution in [-0.4, -0.2) is 55.0 Å². The van der Waals surface area contributed by atoms with Crippen molar-refractivity contribution in [1.82, 2.24) is 9.21 Å². The normalized spacial score (nSPS) is 20.5. The molecule has 3 heterocycles. The summed E-state index contributed by atoms with van der Waals surface area (Å²) in [7, 11) is -4.10. The molecule has 0 bridgehead atoms. The van der Waals surface area contributed by atoms with Crippen LogP contribution in [0.4, 0.5) is 5.69 Å². The van der Waals surface area contributed by atoms with Gasteiger partial charge in [0.05, 0.1) is 28.6 Å². The van der Waals surface area contributed by atoms with Crippen LogP contribution in [0.5, 0.6) is 0 Å². The Morgan fingerprint density at radius 2 is 1.52 bits per heavy atom. The first kappa shape index (κ1) is 25.6. The molecule has 10 heteroatoms. The van der Waals surface area contributed by atoms with Gasteiger partial charge in [0.2, 0.25) is 15.9 Å². The Balaban J connectivity index is 1.28. The van der Waals surface area contributed by atoms with E-state index in [1.807, 2.05) is 24.3 Å². The van der Waals surface area contributed by atoms with E-state index in [9.17, 15) is 22.8 Å². The average molecular weight is 621 g/mol. The number of fused-ring (bicyclic) bond motifs is 3. The van der Waals surface area contributed by atoms with Crippen LogP contribution >= 0.6 is 15.9 Å². The van der Waals surface area contributed by atoms with Gasteiger partial charge in [-0.1, -0.05) is 36.4 Å². The van der Waals surface area contributed by atoms with Crippen molar-refractivity contribution in [3.8, 4) is 0 Å². The predicted molar refractivity (Wildman–Crippen MR) is 152 cm³/mol. The van der Waals surface area contributed by atoms with Gasteiger partial charge >= 0.3 is 0 Å². The van der Waals surface area contributed by atoms with Crippen molar-refractivity contribution < 1.29 is 22.8 Å². The van der Waals surface area contributed by atoms with Gasteiger partial charge in [-0.3, -0.25) is 19.3 Å². The molecule has 0 spiro atoms. The van der Waals surface area contributed by atoms with Gasteiger partial charge in [-0.05, 0) is 82.6 Å². The van der Waals surface area contributed by atoms with E-state index in [1.165, 1.54) is 4.31 Å². The predicted octanol–water partition coefficient (Wildman–Crippen LogP) is 4.33. The minimum absolute atomic E-state index is 0.0253. The van der Waals surface area contributed by atoms with Crippen LogP contribution in [-0.2, 0) is 27.7 Å². The highest BCUT2D eigenvalue weighted by molar-refractivity contribution is 9.10. The molecule has 0 radical (unpaired) electrons. The van der Waals surface area contributed by atoms with Crippen molar-refractivity contribution in [2.45, 2.75) is 36.6 Å². The molecular formula is C30H26BrN3O5S. The molecule has 3 amide bonds. The second-order valence-electron chi connectivity index (χ2n) is 10.8. The first-order chi connectivity index (χ1) is 19.3. The lowest BCUT2D eigenvalue weighted by atomic mass is 9.94. The molecule has 1 aliphatic carbocycles. The Labute approximate surface area is 240 Å². The van der Waals surface area contributed by atoms with Gasteiger partial charge in [0, 0.05) is 29.2 Å². The van der Waals surface area contributed by atoms with E-state index in [0.717, 1.165) is 34.4 Å². The molecule has 1 atom stereocenters. The molecule has 3 aromatic rings. The van der Waals surface area contributed by atoms with Crippen molar-refractivity contribution in [3.63, 3.8) is 0 Å². The topological polar surface area (TPSA) is 95.1 Å². The highest BCUT2D eigenvalue weighted by atomic mass is 79.9. The van der Waals surface area contributed by atoms with Crippen LogP contribution in [0.15, 0.2) is 70.0 Å². The average Bonchev–Trinajstić information content (AvgIpc) is 3.69. The highest BCUT2D eigenvalue weighted by Gasteiger charge is 2.44. The van der Waals surface area contributed by atoms with Crippen LogP contribution in [0, 0.1) is 5.92 Å². The van der Waals surface area contributed by atoms with Crippen molar-refractivity contribution in [1.29, 1.82) is 0 Å². The molecule has 0 N–H and O–H groups in total. The van der Waals surface area contributed by atoms with Gasteiger partial charge in [0.15, 0.2) is 0 Å². The first-order valence-corrected chi connectivity index (χ1v) is 15.7. The fourth-order valence-corrected chi connectivity index (χ4v) is 8.85. The largest absolute Gasteiger partial charge is 0.312 e. The molecule has 8 nitrogen and oxygen atoms in total. The maximum atomic E-state index is 14.4. The number of halogens is 1. The number of carbonyl (C=O) groups is 3. The number of nitrogens with zero attached hydrogens (tertiary/aromatic N) is 3. The summed E-state index contributed by atoms with van der Waals surface area (Å²) in [5, 5.41) is 0. The number of anilines is 1. The summed E-state index contributed by atoms with van der Waals surface area (Å²) in [4.78, 5) is 42.4. The third-order valence-corrected chi connectivity index (χ3v) is 11.3. The summed E-state index contributed by atoms with van der Waals surface area (Å²) >= 11 is 3.50. The second kappa shape index (κ2) is 9.36. The molecule has 3 aromatic carbocycles. The van der Waals surface area contributed by atoms with Crippen LogP contribution < -0.4 is 4.90 Å². The molecule has 1 fully saturated rings. The van der Waals surface area contributed by atoms with Crippen LogP contribution in [0.25, 0.3) is 0 Å². The van der Waals surface area contributed by atoms with Crippen molar-refractivity contribution in [2.75, 3.05) is 24.5 Å². The maximum absolute atomic E-state index is 14.4. The monoisotopic (exact) mass is 619 g/mol. The second-order valence-corrected chi connectivity index (χ2v) is 13.5. The van der Waals surface area contributed by atoms with E-state index in [0.29, 0.717) is 40.7 Å². The summed E-state index contributed by atoms with van der Waals surface area (Å²) in [6.07, 6.45) is 2.92. The number of amides is 3. The summed E-state index contributed by atoms with van der Waals surface area (Å²) in [6, 6.07) is 16.9. The van der Waals surface area contributed by atoms with E-state index in [1.54, 1.807) is 41.3 Å². The van der Waals surface area contributed by atoms with Crippen molar-refractivity contribution in [2.24, 2.45) is 5.92 Å². The third kappa shape index (κ3) is 3.95. The Hall–Kier alpha value is -3.34. The number of hydrogen-bond donors (Lipinski definition) is 0.